The molecule has 0 radical (unpaired) electrons. The number of anilines is 2. The zero-order chi connectivity index (χ0) is 28.5. The standard InChI is InChI=1S/C22H31N5O3S.C2HF3O2/c1-4-24-22(28)20-14-18(15-25-21(20)27-11-9-23-10-12-27)26-31(29,30)19-7-5-17(6-8-19)13-16(2)3;3-2(4,5)1(6)7/h5-8,14-16,23,26H,4,9-13H2,1-3H3,(H,24,28);(H,6,7). The molecule has 1 aromatic heterocycles. The van der Waals surface area contributed by atoms with Gasteiger partial charge in [0.25, 0.3) is 15.9 Å². The number of carboxylic acid groups (broad SMARTS) is 1. The van der Waals surface area contributed by atoms with Gasteiger partial charge in [-0.25, -0.2) is 18.2 Å². The molecule has 0 bridgehead atoms. The number of pyridine rings is 1. The van der Waals surface area contributed by atoms with Gasteiger partial charge < -0.3 is 20.6 Å². The molecule has 0 spiro atoms. The molecule has 1 aliphatic heterocycles. The fourth-order valence-corrected chi connectivity index (χ4v) is 4.59. The Morgan fingerprint density at radius 2 is 1.74 bits per heavy atom. The number of piperazine rings is 1. The third kappa shape index (κ3) is 9.17. The van der Waals surface area contributed by atoms with E-state index in [9.17, 15) is 26.4 Å². The first kappa shape index (κ1) is 30.8. The number of rotatable bonds is 8. The number of sulfonamides is 1. The number of carboxylic acids is 1. The van der Waals surface area contributed by atoms with Crippen molar-refractivity contribution >= 4 is 33.4 Å². The fraction of sp³-hybridized carbons (Fsp3) is 0.458. The second kappa shape index (κ2) is 13.4. The average Bonchev–Trinajstić information content (AvgIpc) is 2.84. The number of carbonyl (C=O) groups excluding carboxylic acids is 1. The van der Waals surface area contributed by atoms with Crippen molar-refractivity contribution < 1.29 is 36.3 Å². The zero-order valence-electron chi connectivity index (χ0n) is 21.3. The number of benzene rings is 1. The van der Waals surface area contributed by atoms with E-state index in [2.05, 4.69) is 34.2 Å². The van der Waals surface area contributed by atoms with E-state index in [1.165, 1.54) is 6.20 Å². The molecular formula is C24H32F3N5O5S. The maximum atomic E-state index is 12.9. The lowest BCUT2D eigenvalue weighted by molar-refractivity contribution is -0.192. The van der Waals surface area contributed by atoms with Crippen LogP contribution in [0.4, 0.5) is 24.7 Å². The molecule has 38 heavy (non-hydrogen) atoms. The van der Waals surface area contributed by atoms with Gasteiger partial charge in [-0.1, -0.05) is 26.0 Å². The number of nitrogens with one attached hydrogen (secondary N) is 3. The van der Waals surface area contributed by atoms with Crippen LogP contribution in [0.5, 0.6) is 0 Å². The molecular weight excluding hydrogens is 527 g/mol. The first-order valence-electron chi connectivity index (χ1n) is 11.9. The SMILES string of the molecule is CCNC(=O)c1cc(NS(=O)(=O)c2ccc(CC(C)C)cc2)cnc1N1CCNCC1.O=C(O)C(F)(F)F. The van der Waals surface area contributed by atoms with Crippen LogP contribution in [0.3, 0.4) is 0 Å². The lowest BCUT2D eigenvalue weighted by Gasteiger charge is -2.30. The summed E-state index contributed by atoms with van der Waals surface area (Å²) in [5, 5.41) is 13.2. The molecule has 0 saturated carbocycles. The third-order valence-electron chi connectivity index (χ3n) is 5.24. The van der Waals surface area contributed by atoms with E-state index in [1.54, 1.807) is 18.2 Å². The molecule has 1 aliphatic rings. The van der Waals surface area contributed by atoms with Gasteiger partial charge in [0.15, 0.2) is 0 Å². The smallest absolute Gasteiger partial charge is 0.475 e. The predicted molar refractivity (Wildman–Crippen MR) is 137 cm³/mol. The number of aliphatic carboxylic acids is 1. The third-order valence-corrected chi connectivity index (χ3v) is 6.63. The minimum atomic E-state index is -5.08. The number of hydrogen-bond acceptors (Lipinski definition) is 7. The fourth-order valence-electron chi connectivity index (χ4n) is 3.56. The molecule has 0 unspecified atom stereocenters. The highest BCUT2D eigenvalue weighted by molar-refractivity contribution is 7.92. The van der Waals surface area contributed by atoms with Crippen molar-refractivity contribution in [2.45, 2.75) is 38.3 Å². The number of halogens is 3. The monoisotopic (exact) mass is 559 g/mol. The molecule has 1 amide bonds. The van der Waals surface area contributed by atoms with Crippen LogP contribution < -0.4 is 20.3 Å². The van der Waals surface area contributed by atoms with E-state index in [0.717, 1.165) is 38.2 Å². The van der Waals surface area contributed by atoms with Gasteiger partial charge in [0, 0.05) is 32.7 Å². The molecule has 0 aliphatic carbocycles. The Kier molecular flexibility index (Phi) is 10.9. The van der Waals surface area contributed by atoms with Crippen LogP contribution in [0, 0.1) is 5.92 Å². The van der Waals surface area contributed by atoms with Crippen LogP contribution in [0.15, 0.2) is 41.4 Å². The summed E-state index contributed by atoms with van der Waals surface area (Å²) in [6.07, 6.45) is -2.73. The topological polar surface area (TPSA) is 141 Å². The van der Waals surface area contributed by atoms with Crippen molar-refractivity contribution in [2.75, 3.05) is 42.3 Å². The molecule has 4 N–H and O–H groups in total. The number of hydrogen-bond donors (Lipinski definition) is 4. The molecule has 1 fully saturated rings. The second-order valence-corrected chi connectivity index (χ2v) is 10.5. The van der Waals surface area contributed by atoms with Crippen molar-refractivity contribution in [1.82, 2.24) is 15.6 Å². The molecule has 1 aromatic carbocycles. The van der Waals surface area contributed by atoms with Gasteiger partial charge in [-0.15, -0.1) is 0 Å². The lowest BCUT2D eigenvalue weighted by atomic mass is 10.0. The zero-order valence-corrected chi connectivity index (χ0v) is 22.1. The molecule has 3 rings (SSSR count). The Labute approximate surface area is 219 Å². The van der Waals surface area contributed by atoms with Crippen LogP contribution in [-0.2, 0) is 21.2 Å². The van der Waals surface area contributed by atoms with Gasteiger partial charge in [0.2, 0.25) is 0 Å². The summed E-state index contributed by atoms with van der Waals surface area (Å²) in [5.74, 6) is -1.97. The van der Waals surface area contributed by atoms with E-state index in [4.69, 9.17) is 9.90 Å². The number of carbonyl (C=O) groups is 2. The summed E-state index contributed by atoms with van der Waals surface area (Å²) in [6, 6.07) is 8.43. The van der Waals surface area contributed by atoms with Gasteiger partial charge in [0.1, 0.15) is 5.82 Å². The Balaban J connectivity index is 0.000000638. The van der Waals surface area contributed by atoms with Crippen LogP contribution in [-0.4, -0.2) is 69.3 Å². The minimum Gasteiger partial charge on any atom is -0.475 e. The molecule has 0 atom stereocenters. The number of amides is 1. The first-order valence-corrected chi connectivity index (χ1v) is 13.4. The van der Waals surface area contributed by atoms with E-state index >= 15 is 0 Å². The highest BCUT2D eigenvalue weighted by atomic mass is 32.2. The minimum absolute atomic E-state index is 0.172. The van der Waals surface area contributed by atoms with Crippen LogP contribution in [0.25, 0.3) is 0 Å². The lowest BCUT2D eigenvalue weighted by Crippen LogP contribution is -2.44. The van der Waals surface area contributed by atoms with Crippen molar-refractivity contribution in [3.05, 3.63) is 47.7 Å². The highest BCUT2D eigenvalue weighted by Gasteiger charge is 2.38. The van der Waals surface area contributed by atoms with Gasteiger partial charge in [-0.3, -0.25) is 9.52 Å². The van der Waals surface area contributed by atoms with Crippen molar-refractivity contribution in [2.24, 2.45) is 5.92 Å². The van der Waals surface area contributed by atoms with E-state index in [0.29, 0.717) is 23.8 Å². The Morgan fingerprint density at radius 3 is 2.24 bits per heavy atom. The molecule has 10 nitrogen and oxygen atoms in total. The molecule has 1 saturated heterocycles. The predicted octanol–water partition coefficient (Wildman–Crippen LogP) is 2.87. The molecule has 210 valence electrons. The van der Waals surface area contributed by atoms with Gasteiger partial charge in [0.05, 0.1) is 22.3 Å². The maximum Gasteiger partial charge on any atom is 0.490 e. The van der Waals surface area contributed by atoms with Crippen LogP contribution in [0.1, 0.15) is 36.7 Å². The largest absolute Gasteiger partial charge is 0.490 e. The Morgan fingerprint density at radius 1 is 1.16 bits per heavy atom. The van der Waals surface area contributed by atoms with Crippen molar-refractivity contribution in [3.8, 4) is 0 Å². The number of alkyl halides is 3. The van der Waals surface area contributed by atoms with Crippen LogP contribution in [0.2, 0.25) is 0 Å². The Bertz CT molecular complexity index is 1200. The van der Waals surface area contributed by atoms with E-state index in [1.807, 2.05) is 24.0 Å². The summed E-state index contributed by atoms with van der Waals surface area (Å²) >= 11 is 0. The summed E-state index contributed by atoms with van der Waals surface area (Å²) in [7, 11) is -3.80. The average molecular weight is 560 g/mol. The van der Waals surface area contributed by atoms with Crippen molar-refractivity contribution in [1.29, 1.82) is 0 Å². The Hall–Kier alpha value is -3.39. The summed E-state index contributed by atoms with van der Waals surface area (Å²) in [6.45, 7) is 9.62. The van der Waals surface area contributed by atoms with E-state index in [-0.39, 0.29) is 16.5 Å². The number of aromatic nitrogens is 1. The molecule has 14 heteroatoms. The quantitative estimate of drug-likeness (QED) is 0.387. The highest BCUT2D eigenvalue weighted by Crippen LogP contribution is 2.24. The molecule has 2 aromatic rings. The number of nitrogens with zero attached hydrogens (tertiary/aromatic N) is 2. The summed E-state index contributed by atoms with van der Waals surface area (Å²) in [4.78, 5) is 28.2. The van der Waals surface area contributed by atoms with Gasteiger partial charge in [-0.05, 0) is 43.0 Å². The normalized spacial score (nSPS) is 13.9. The van der Waals surface area contributed by atoms with Gasteiger partial charge in [-0.2, -0.15) is 13.2 Å². The summed E-state index contributed by atoms with van der Waals surface area (Å²) < 4.78 is 60.0. The molecule has 2 heterocycles. The maximum absolute atomic E-state index is 12.9. The van der Waals surface area contributed by atoms with Gasteiger partial charge >= 0.3 is 12.1 Å². The second-order valence-electron chi connectivity index (χ2n) is 8.84. The van der Waals surface area contributed by atoms with Crippen LogP contribution >= 0.6 is 0 Å². The summed E-state index contributed by atoms with van der Waals surface area (Å²) in [5.41, 5.74) is 1.71. The van der Waals surface area contributed by atoms with Crippen molar-refractivity contribution in [3.63, 3.8) is 0 Å². The van der Waals surface area contributed by atoms with E-state index < -0.39 is 22.2 Å². The first-order chi connectivity index (χ1) is 17.7.